The Morgan fingerprint density at radius 1 is 1.25 bits per heavy atom. The number of hydrogen-bond donors (Lipinski definition) is 0. The van der Waals surface area contributed by atoms with Gasteiger partial charge in [-0.3, -0.25) is 4.79 Å². The summed E-state index contributed by atoms with van der Waals surface area (Å²) < 4.78 is 0. The molecule has 2 aromatic carbocycles. The molecule has 0 aromatic heterocycles. The van der Waals surface area contributed by atoms with Gasteiger partial charge in [0.1, 0.15) is 0 Å². The van der Waals surface area contributed by atoms with E-state index < -0.39 is 0 Å². The predicted octanol–water partition coefficient (Wildman–Crippen LogP) is 4.07. The lowest BCUT2D eigenvalue weighted by Gasteiger charge is -2.21. The third kappa shape index (κ3) is 4.11. The van der Waals surface area contributed by atoms with E-state index in [4.69, 9.17) is 5.26 Å². The minimum atomic E-state index is 0.0290. The van der Waals surface area contributed by atoms with Crippen molar-refractivity contribution in [3.05, 3.63) is 76.9 Å². The van der Waals surface area contributed by atoms with E-state index in [-0.39, 0.29) is 5.91 Å². The van der Waals surface area contributed by atoms with E-state index >= 15 is 0 Å². The Morgan fingerprint density at radius 2 is 2.04 bits per heavy atom. The van der Waals surface area contributed by atoms with E-state index in [0.29, 0.717) is 18.2 Å². The largest absolute Gasteiger partial charge is 0.332 e. The second-order valence-electron chi connectivity index (χ2n) is 6.26. The highest BCUT2D eigenvalue weighted by atomic mass is 16.2. The van der Waals surface area contributed by atoms with Crippen molar-refractivity contribution in [2.45, 2.75) is 32.4 Å². The SMILES string of the molecule is Cc1cccc(CN(C(=O)/C=C/c2cccc(C#N)c2)C2CC2)c1. The Bertz CT molecular complexity index is 813. The first kappa shape index (κ1) is 16.0. The summed E-state index contributed by atoms with van der Waals surface area (Å²) in [5.41, 5.74) is 3.84. The summed E-state index contributed by atoms with van der Waals surface area (Å²) in [4.78, 5) is 14.6. The molecule has 24 heavy (non-hydrogen) atoms. The first-order valence-corrected chi connectivity index (χ1v) is 8.20. The fraction of sp³-hybridized carbons (Fsp3) is 0.238. The van der Waals surface area contributed by atoms with Gasteiger partial charge in [0.05, 0.1) is 11.6 Å². The van der Waals surface area contributed by atoms with Crippen LogP contribution in [0.2, 0.25) is 0 Å². The normalized spacial score (nSPS) is 13.7. The van der Waals surface area contributed by atoms with Crippen molar-refractivity contribution in [1.29, 1.82) is 5.26 Å². The lowest BCUT2D eigenvalue weighted by atomic mass is 10.1. The van der Waals surface area contributed by atoms with Gasteiger partial charge in [0.15, 0.2) is 0 Å². The highest BCUT2D eigenvalue weighted by molar-refractivity contribution is 5.92. The summed E-state index contributed by atoms with van der Waals surface area (Å²) in [6.45, 7) is 2.71. The third-order valence-electron chi connectivity index (χ3n) is 4.14. The third-order valence-corrected chi connectivity index (χ3v) is 4.14. The fourth-order valence-electron chi connectivity index (χ4n) is 2.76. The molecule has 1 amide bonds. The van der Waals surface area contributed by atoms with Crippen molar-refractivity contribution in [3.8, 4) is 6.07 Å². The first-order valence-electron chi connectivity index (χ1n) is 8.20. The molecule has 0 unspecified atom stereocenters. The Kier molecular flexibility index (Phi) is 4.77. The van der Waals surface area contributed by atoms with Crippen LogP contribution in [0.4, 0.5) is 0 Å². The monoisotopic (exact) mass is 316 g/mol. The Hall–Kier alpha value is -2.86. The molecule has 0 atom stereocenters. The zero-order valence-electron chi connectivity index (χ0n) is 13.8. The van der Waals surface area contributed by atoms with Crippen molar-refractivity contribution < 1.29 is 4.79 Å². The maximum absolute atomic E-state index is 12.6. The van der Waals surface area contributed by atoms with Crippen LogP contribution >= 0.6 is 0 Å². The van der Waals surface area contributed by atoms with Crippen LogP contribution in [0.1, 0.15) is 35.1 Å². The van der Waals surface area contributed by atoms with Gasteiger partial charge in [0.25, 0.3) is 0 Å². The number of rotatable bonds is 5. The van der Waals surface area contributed by atoms with Gasteiger partial charge in [-0.05, 0) is 49.1 Å². The topological polar surface area (TPSA) is 44.1 Å². The zero-order valence-corrected chi connectivity index (χ0v) is 13.8. The molecule has 1 aliphatic carbocycles. The number of nitriles is 1. The summed E-state index contributed by atoms with van der Waals surface area (Å²) in [7, 11) is 0. The zero-order chi connectivity index (χ0) is 16.9. The summed E-state index contributed by atoms with van der Waals surface area (Å²) in [6.07, 6.45) is 5.56. The second-order valence-corrected chi connectivity index (χ2v) is 6.26. The molecule has 0 N–H and O–H groups in total. The molecule has 3 nitrogen and oxygen atoms in total. The summed E-state index contributed by atoms with van der Waals surface area (Å²) in [5, 5.41) is 8.95. The number of aryl methyl sites for hydroxylation is 1. The van der Waals surface area contributed by atoms with Gasteiger partial charge < -0.3 is 4.90 Å². The van der Waals surface area contributed by atoms with Crippen LogP contribution in [-0.2, 0) is 11.3 Å². The Balaban J connectivity index is 1.73. The molecule has 0 aliphatic heterocycles. The van der Waals surface area contributed by atoms with Crippen molar-refractivity contribution in [2.75, 3.05) is 0 Å². The van der Waals surface area contributed by atoms with Crippen molar-refractivity contribution in [3.63, 3.8) is 0 Å². The number of hydrogen-bond acceptors (Lipinski definition) is 2. The maximum Gasteiger partial charge on any atom is 0.247 e. The second kappa shape index (κ2) is 7.14. The molecule has 0 saturated heterocycles. The Labute approximate surface area is 142 Å². The highest BCUT2D eigenvalue weighted by Gasteiger charge is 2.31. The molecular formula is C21H20N2O. The van der Waals surface area contributed by atoms with Crippen LogP contribution in [0.25, 0.3) is 6.08 Å². The van der Waals surface area contributed by atoms with E-state index in [1.807, 2.05) is 23.1 Å². The minimum Gasteiger partial charge on any atom is -0.332 e. The number of benzene rings is 2. The molecule has 0 radical (unpaired) electrons. The van der Waals surface area contributed by atoms with Crippen LogP contribution in [0.15, 0.2) is 54.6 Å². The van der Waals surface area contributed by atoms with Crippen LogP contribution in [0.5, 0.6) is 0 Å². The van der Waals surface area contributed by atoms with Gasteiger partial charge in [0.2, 0.25) is 5.91 Å². The van der Waals surface area contributed by atoms with E-state index in [9.17, 15) is 4.79 Å². The molecular weight excluding hydrogens is 296 g/mol. The quantitative estimate of drug-likeness (QED) is 0.780. The average molecular weight is 316 g/mol. The standard InChI is InChI=1S/C21H20N2O/c1-16-4-2-7-19(12-16)15-23(20-9-10-20)21(24)11-8-17-5-3-6-18(13-17)14-22/h2-8,11-13,20H,9-10,15H2,1H3/b11-8+. The van der Waals surface area contributed by atoms with E-state index in [0.717, 1.165) is 24.0 Å². The van der Waals surface area contributed by atoms with Gasteiger partial charge in [-0.1, -0.05) is 42.0 Å². The molecule has 0 spiro atoms. The molecule has 0 heterocycles. The maximum atomic E-state index is 12.6. The first-order chi connectivity index (χ1) is 11.7. The molecule has 2 aromatic rings. The number of carbonyl (C=O) groups is 1. The molecule has 1 aliphatic rings. The minimum absolute atomic E-state index is 0.0290. The van der Waals surface area contributed by atoms with E-state index in [2.05, 4.69) is 31.2 Å². The number of carbonyl (C=O) groups excluding carboxylic acids is 1. The molecule has 1 saturated carbocycles. The van der Waals surface area contributed by atoms with Crippen molar-refractivity contribution in [2.24, 2.45) is 0 Å². The lowest BCUT2D eigenvalue weighted by Crippen LogP contribution is -2.31. The van der Waals surface area contributed by atoms with Gasteiger partial charge in [-0.2, -0.15) is 5.26 Å². The van der Waals surface area contributed by atoms with Crippen LogP contribution in [-0.4, -0.2) is 16.8 Å². The molecule has 3 rings (SSSR count). The average Bonchev–Trinajstić information content (AvgIpc) is 3.43. The highest BCUT2D eigenvalue weighted by Crippen LogP contribution is 2.29. The summed E-state index contributed by atoms with van der Waals surface area (Å²) in [5.74, 6) is 0.0290. The predicted molar refractivity (Wildman–Crippen MR) is 94.9 cm³/mol. The molecule has 1 fully saturated rings. The van der Waals surface area contributed by atoms with Crippen molar-refractivity contribution >= 4 is 12.0 Å². The summed E-state index contributed by atoms with van der Waals surface area (Å²) >= 11 is 0. The fourth-order valence-corrected chi connectivity index (χ4v) is 2.76. The van der Waals surface area contributed by atoms with Crippen LogP contribution in [0.3, 0.4) is 0 Å². The number of amides is 1. The van der Waals surface area contributed by atoms with Gasteiger partial charge in [-0.25, -0.2) is 0 Å². The Morgan fingerprint density at radius 3 is 2.75 bits per heavy atom. The van der Waals surface area contributed by atoms with Gasteiger partial charge >= 0.3 is 0 Å². The van der Waals surface area contributed by atoms with E-state index in [1.165, 1.54) is 5.56 Å². The molecule has 3 heteroatoms. The van der Waals surface area contributed by atoms with Crippen LogP contribution < -0.4 is 0 Å². The lowest BCUT2D eigenvalue weighted by molar-refractivity contribution is -0.127. The smallest absolute Gasteiger partial charge is 0.247 e. The molecule has 120 valence electrons. The van der Waals surface area contributed by atoms with Crippen molar-refractivity contribution in [1.82, 2.24) is 4.90 Å². The molecule has 0 bridgehead atoms. The van der Waals surface area contributed by atoms with Gasteiger partial charge in [-0.15, -0.1) is 0 Å². The number of nitrogens with zero attached hydrogens (tertiary/aromatic N) is 2. The van der Waals surface area contributed by atoms with Crippen LogP contribution in [0, 0.1) is 18.3 Å². The van der Waals surface area contributed by atoms with Gasteiger partial charge in [0, 0.05) is 18.7 Å². The van der Waals surface area contributed by atoms with E-state index in [1.54, 1.807) is 24.3 Å². The summed E-state index contributed by atoms with van der Waals surface area (Å²) in [6, 6.07) is 18.0.